The molecule has 2 aromatic rings. The molecule has 1 unspecified atom stereocenters. The number of likely N-dealkylation sites (N-methyl/N-ethyl adjacent to an activating group) is 1. The number of carbonyl (C=O) groups is 1. The fourth-order valence-electron chi connectivity index (χ4n) is 4.35. The largest absolute Gasteiger partial charge is 0.497 e. The van der Waals surface area contributed by atoms with Crippen LogP contribution in [0.1, 0.15) is 47.1 Å². The molecule has 2 aliphatic rings. The number of benzene rings is 1. The topological polar surface area (TPSA) is 70.8 Å². The summed E-state index contributed by atoms with van der Waals surface area (Å²) in [6, 6.07) is 7.97. The molecule has 0 spiro atoms. The van der Waals surface area contributed by atoms with E-state index in [9.17, 15) is 9.90 Å². The first-order chi connectivity index (χ1) is 14.1. The number of aliphatic hydroxyl groups is 1. The van der Waals surface area contributed by atoms with Gasteiger partial charge < -0.3 is 14.7 Å². The van der Waals surface area contributed by atoms with Crippen LogP contribution in [0.3, 0.4) is 0 Å². The van der Waals surface area contributed by atoms with Gasteiger partial charge in [-0.2, -0.15) is 5.10 Å². The van der Waals surface area contributed by atoms with Crippen LogP contribution in [-0.2, 0) is 19.5 Å². The monoisotopic (exact) mass is 398 g/mol. The maximum Gasteiger partial charge on any atom is 0.274 e. The molecule has 1 atom stereocenters. The number of amides is 1. The van der Waals surface area contributed by atoms with Crippen LogP contribution in [0.15, 0.2) is 24.3 Å². The summed E-state index contributed by atoms with van der Waals surface area (Å²) >= 11 is 0. The molecule has 1 N–H and O–H groups in total. The normalized spacial score (nSPS) is 19.8. The molecule has 0 aliphatic carbocycles. The van der Waals surface area contributed by atoms with Gasteiger partial charge >= 0.3 is 0 Å². The van der Waals surface area contributed by atoms with Crippen LogP contribution in [0, 0.1) is 0 Å². The molecule has 0 saturated carbocycles. The first-order valence-corrected chi connectivity index (χ1v) is 10.5. The molecule has 29 heavy (non-hydrogen) atoms. The van der Waals surface area contributed by atoms with Gasteiger partial charge in [0.1, 0.15) is 5.75 Å². The molecule has 156 valence electrons. The smallest absolute Gasteiger partial charge is 0.274 e. The minimum absolute atomic E-state index is 0.0534. The second kappa shape index (κ2) is 8.55. The second-order valence-electron chi connectivity index (χ2n) is 7.95. The van der Waals surface area contributed by atoms with Crippen molar-refractivity contribution >= 4 is 5.91 Å². The van der Waals surface area contributed by atoms with E-state index in [1.165, 1.54) is 0 Å². The van der Waals surface area contributed by atoms with Gasteiger partial charge in [-0.1, -0.05) is 19.1 Å². The summed E-state index contributed by atoms with van der Waals surface area (Å²) in [5.41, 5.74) is 3.85. The number of carbonyl (C=O) groups excluding carboxylic acids is 1. The maximum atomic E-state index is 13.3. The van der Waals surface area contributed by atoms with Gasteiger partial charge in [0.25, 0.3) is 5.91 Å². The third kappa shape index (κ3) is 4.16. The number of hydrogen-bond donors (Lipinski definition) is 1. The Hall–Kier alpha value is -2.38. The number of fused-ring (bicyclic) bond motifs is 1. The summed E-state index contributed by atoms with van der Waals surface area (Å²) in [4.78, 5) is 17.4. The van der Waals surface area contributed by atoms with E-state index in [2.05, 4.69) is 17.9 Å². The highest BCUT2D eigenvalue weighted by molar-refractivity contribution is 5.94. The van der Waals surface area contributed by atoms with Crippen LogP contribution in [0.4, 0.5) is 0 Å². The van der Waals surface area contributed by atoms with Gasteiger partial charge in [0.05, 0.1) is 19.8 Å². The van der Waals surface area contributed by atoms with E-state index in [0.717, 1.165) is 61.5 Å². The molecule has 1 fully saturated rings. The van der Waals surface area contributed by atoms with Gasteiger partial charge in [-0.05, 0) is 37.1 Å². The van der Waals surface area contributed by atoms with E-state index in [1.807, 2.05) is 22.9 Å². The molecule has 0 radical (unpaired) electrons. The third-order valence-electron chi connectivity index (χ3n) is 6.01. The quantitative estimate of drug-likeness (QED) is 0.833. The van der Waals surface area contributed by atoms with Crippen LogP contribution in [0.25, 0.3) is 0 Å². The molecule has 1 aromatic carbocycles. The van der Waals surface area contributed by atoms with E-state index < -0.39 is 6.10 Å². The van der Waals surface area contributed by atoms with Crippen molar-refractivity contribution in [3.63, 3.8) is 0 Å². The van der Waals surface area contributed by atoms with Crippen LogP contribution in [0.2, 0.25) is 0 Å². The van der Waals surface area contributed by atoms with Crippen LogP contribution < -0.4 is 4.74 Å². The predicted octanol–water partition coefficient (Wildman–Crippen LogP) is 1.91. The minimum atomic E-state index is -0.436. The van der Waals surface area contributed by atoms with Gasteiger partial charge in [-0.25, -0.2) is 0 Å². The molecule has 3 heterocycles. The molecular weight excluding hydrogens is 368 g/mol. The lowest BCUT2D eigenvalue weighted by Crippen LogP contribution is -2.43. The zero-order chi connectivity index (χ0) is 20.4. The number of rotatable bonds is 5. The Labute approximate surface area is 171 Å². The van der Waals surface area contributed by atoms with E-state index in [0.29, 0.717) is 25.3 Å². The maximum absolute atomic E-state index is 13.3. The summed E-state index contributed by atoms with van der Waals surface area (Å²) in [5, 5.41) is 14.8. The standard InChI is InChI=1S/C22H30N4O3/c1-3-24-11-9-20-19(15-24)21(22(28)25-10-5-7-17(27)14-25)23-26(20)13-16-6-4-8-18(12-16)29-2/h4,6,8,12,17,27H,3,5,7,9-11,13-15H2,1-2H3. The predicted molar refractivity (Wildman–Crippen MR) is 110 cm³/mol. The zero-order valence-corrected chi connectivity index (χ0v) is 17.3. The average molecular weight is 399 g/mol. The van der Waals surface area contributed by atoms with E-state index in [-0.39, 0.29) is 5.91 Å². The SMILES string of the molecule is CCN1CCc2c(c(C(=O)N3CCCC(O)C3)nn2Cc2cccc(OC)c2)C1. The summed E-state index contributed by atoms with van der Waals surface area (Å²) in [6.07, 6.45) is 2.04. The number of β-amino-alcohol motifs (C(OH)–C–C–N with tert-alkyl or cyclic N) is 1. The Balaban J connectivity index is 1.66. The minimum Gasteiger partial charge on any atom is -0.497 e. The molecule has 4 rings (SSSR count). The van der Waals surface area contributed by atoms with Crippen molar-refractivity contribution in [3.05, 3.63) is 46.8 Å². The Morgan fingerprint density at radius 1 is 1.34 bits per heavy atom. The van der Waals surface area contributed by atoms with Gasteiger partial charge in [0.2, 0.25) is 0 Å². The summed E-state index contributed by atoms with van der Waals surface area (Å²) < 4.78 is 7.34. The van der Waals surface area contributed by atoms with Gasteiger partial charge in [0, 0.05) is 43.9 Å². The number of nitrogens with zero attached hydrogens (tertiary/aromatic N) is 4. The molecule has 7 nitrogen and oxygen atoms in total. The number of likely N-dealkylation sites (tertiary alicyclic amines) is 1. The van der Waals surface area contributed by atoms with Crippen LogP contribution in [-0.4, -0.2) is 70.0 Å². The molecule has 2 aliphatic heterocycles. The lowest BCUT2D eigenvalue weighted by Gasteiger charge is -2.30. The van der Waals surface area contributed by atoms with Crippen molar-refractivity contribution in [2.75, 3.05) is 33.3 Å². The molecular formula is C22H30N4O3. The van der Waals surface area contributed by atoms with Crippen molar-refractivity contribution in [3.8, 4) is 5.75 Å². The van der Waals surface area contributed by atoms with E-state index in [1.54, 1.807) is 12.0 Å². The molecule has 1 amide bonds. The van der Waals surface area contributed by atoms with Gasteiger partial charge in [-0.15, -0.1) is 0 Å². The van der Waals surface area contributed by atoms with Crippen molar-refractivity contribution in [2.45, 2.75) is 45.4 Å². The number of hydrogen-bond acceptors (Lipinski definition) is 5. The number of aliphatic hydroxyl groups excluding tert-OH is 1. The zero-order valence-electron chi connectivity index (χ0n) is 17.3. The highest BCUT2D eigenvalue weighted by Crippen LogP contribution is 2.26. The fourth-order valence-corrected chi connectivity index (χ4v) is 4.35. The van der Waals surface area contributed by atoms with Gasteiger partial charge in [0.15, 0.2) is 5.69 Å². The van der Waals surface area contributed by atoms with E-state index in [4.69, 9.17) is 9.84 Å². The highest BCUT2D eigenvalue weighted by atomic mass is 16.5. The average Bonchev–Trinajstić information content (AvgIpc) is 3.10. The summed E-state index contributed by atoms with van der Waals surface area (Å²) in [7, 11) is 1.66. The van der Waals surface area contributed by atoms with Crippen molar-refractivity contribution < 1.29 is 14.6 Å². The number of aromatic nitrogens is 2. The van der Waals surface area contributed by atoms with E-state index >= 15 is 0 Å². The highest BCUT2D eigenvalue weighted by Gasteiger charge is 2.31. The molecule has 0 bridgehead atoms. The third-order valence-corrected chi connectivity index (χ3v) is 6.01. The molecule has 1 saturated heterocycles. The number of ether oxygens (including phenoxy) is 1. The fraction of sp³-hybridized carbons (Fsp3) is 0.545. The Kier molecular flexibility index (Phi) is 5.87. The first kappa shape index (κ1) is 19.9. The molecule has 1 aromatic heterocycles. The molecule has 7 heteroatoms. The Morgan fingerprint density at radius 2 is 2.21 bits per heavy atom. The second-order valence-corrected chi connectivity index (χ2v) is 7.95. The first-order valence-electron chi connectivity index (χ1n) is 10.5. The van der Waals surface area contributed by atoms with Crippen molar-refractivity contribution in [1.82, 2.24) is 19.6 Å². The number of piperidine rings is 1. The lowest BCUT2D eigenvalue weighted by molar-refractivity contribution is 0.0466. The number of methoxy groups -OCH3 is 1. The Bertz CT molecular complexity index is 879. The van der Waals surface area contributed by atoms with Crippen LogP contribution in [0.5, 0.6) is 5.75 Å². The van der Waals surface area contributed by atoms with Crippen molar-refractivity contribution in [1.29, 1.82) is 0 Å². The Morgan fingerprint density at radius 3 is 2.97 bits per heavy atom. The van der Waals surface area contributed by atoms with Crippen LogP contribution >= 0.6 is 0 Å². The summed E-state index contributed by atoms with van der Waals surface area (Å²) in [5.74, 6) is 0.765. The van der Waals surface area contributed by atoms with Gasteiger partial charge in [-0.3, -0.25) is 14.4 Å². The van der Waals surface area contributed by atoms with Crippen molar-refractivity contribution in [2.24, 2.45) is 0 Å². The summed E-state index contributed by atoms with van der Waals surface area (Å²) in [6.45, 7) is 6.52. The lowest BCUT2D eigenvalue weighted by atomic mass is 10.0.